The summed E-state index contributed by atoms with van der Waals surface area (Å²) < 4.78 is 2.10. The van der Waals surface area contributed by atoms with Crippen molar-refractivity contribution >= 4 is 48.5 Å². The molecule has 4 rings (SSSR count). The molecule has 0 radical (unpaired) electrons. The van der Waals surface area contributed by atoms with E-state index in [4.69, 9.17) is 0 Å². The third-order valence-corrected chi connectivity index (χ3v) is 6.28. The number of aromatic nitrogens is 1. The van der Waals surface area contributed by atoms with Gasteiger partial charge in [0, 0.05) is 17.9 Å². The Morgan fingerprint density at radius 3 is 3.04 bits per heavy atom. The maximum Gasteiger partial charge on any atom is 0.229 e. The van der Waals surface area contributed by atoms with E-state index in [1.165, 1.54) is 11.1 Å². The normalized spacial score (nSPS) is 16.3. The van der Waals surface area contributed by atoms with Gasteiger partial charge in [0.2, 0.25) is 5.91 Å². The van der Waals surface area contributed by atoms with Gasteiger partial charge in [-0.2, -0.15) is 0 Å². The topological polar surface area (TPSA) is 33.2 Å². The molecule has 0 saturated carbocycles. The van der Waals surface area contributed by atoms with Crippen molar-refractivity contribution in [3.8, 4) is 0 Å². The molecule has 0 saturated heterocycles. The number of thiazole rings is 1. The Kier molecular flexibility index (Phi) is 4.14. The van der Waals surface area contributed by atoms with Gasteiger partial charge < -0.3 is 0 Å². The number of amides is 1. The van der Waals surface area contributed by atoms with Gasteiger partial charge in [-0.05, 0) is 48.1 Å². The number of rotatable bonds is 3. The number of hydrogen-bond acceptors (Lipinski definition) is 3. The molecular formula is C19H17BrN2OS. The molecule has 122 valence electrons. The molecule has 1 atom stereocenters. The summed E-state index contributed by atoms with van der Waals surface area (Å²) in [4.78, 5) is 19.1. The van der Waals surface area contributed by atoms with Crippen molar-refractivity contribution in [1.82, 2.24) is 4.98 Å². The first-order valence-electron chi connectivity index (χ1n) is 8.02. The summed E-state index contributed by atoms with van der Waals surface area (Å²) in [5.74, 6) is 0.467. The minimum atomic E-state index is 0.134. The summed E-state index contributed by atoms with van der Waals surface area (Å²) >= 11 is 5.02. The van der Waals surface area contributed by atoms with Gasteiger partial charge in [0.1, 0.15) is 0 Å². The van der Waals surface area contributed by atoms with E-state index in [0.717, 1.165) is 32.7 Å². The predicted octanol–water partition coefficient (Wildman–Crippen LogP) is 5.14. The van der Waals surface area contributed by atoms with E-state index in [-0.39, 0.29) is 5.91 Å². The first-order chi connectivity index (χ1) is 11.6. The first kappa shape index (κ1) is 15.8. The second-order valence-electron chi connectivity index (χ2n) is 6.20. The Bertz CT molecular complexity index is 921. The minimum absolute atomic E-state index is 0.134. The lowest BCUT2D eigenvalue weighted by Crippen LogP contribution is -2.27. The van der Waals surface area contributed by atoms with Crippen LogP contribution in [0.5, 0.6) is 0 Å². The number of carbonyl (C=O) groups is 1. The van der Waals surface area contributed by atoms with Gasteiger partial charge in [-0.3, -0.25) is 9.69 Å². The number of anilines is 1. The third-order valence-electron chi connectivity index (χ3n) is 4.68. The third kappa shape index (κ3) is 2.87. The second kappa shape index (κ2) is 6.30. The average molecular weight is 401 g/mol. The molecule has 5 heteroatoms. The predicted molar refractivity (Wildman–Crippen MR) is 103 cm³/mol. The van der Waals surface area contributed by atoms with Crippen LogP contribution in [-0.2, 0) is 11.2 Å². The molecule has 3 aromatic rings. The zero-order valence-electron chi connectivity index (χ0n) is 13.3. The van der Waals surface area contributed by atoms with Crippen molar-refractivity contribution in [1.29, 1.82) is 0 Å². The van der Waals surface area contributed by atoms with E-state index in [0.29, 0.717) is 12.3 Å². The van der Waals surface area contributed by atoms with Crippen LogP contribution in [0.3, 0.4) is 0 Å². The maximum atomic E-state index is 12.7. The van der Waals surface area contributed by atoms with Gasteiger partial charge >= 0.3 is 0 Å². The van der Waals surface area contributed by atoms with Crippen molar-refractivity contribution in [3.63, 3.8) is 0 Å². The van der Waals surface area contributed by atoms with E-state index < -0.39 is 0 Å². The smallest absolute Gasteiger partial charge is 0.229 e. The zero-order chi connectivity index (χ0) is 16.7. The molecule has 2 aromatic carbocycles. The Morgan fingerprint density at radius 2 is 2.17 bits per heavy atom. The molecule has 1 unspecified atom stereocenters. The maximum absolute atomic E-state index is 12.7. The van der Waals surface area contributed by atoms with Crippen LogP contribution in [0.4, 0.5) is 5.13 Å². The lowest BCUT2D eigenvalue weighted by molar-refractivity contribution is -0.118. The lowest BCUT2D eigenvalue weighted by atomic mass is 9.97. The molecule has 0 bridgehead atoms. The number of fused-ring (bicyclic) bond motifs is 2. The molecule has 1 amide bonds. The van der Waals surface area contributed by atoms with E-state index in [9.17, 15) is 4.79 Å². The van der Waals surface area contributed by atoms with Gasteiger partial charge in [0.15, 0.2) is 5.13 Å². The van der Waals surface area contributed by atoms with Crippen LogP contribution >= 0.6 is 27.3 Å². The number of nitrogens with zero attached hydrogens (tertiary/aromatic N) is 2. The Hall–Kier alpha value is -1.72. The van der Waals surface area contributed by atoms with Crippen molar-refractivity contribution in [2.75, 3.05) is 11.9 Å². The van der Waals surface area contributed by atoms with Crippen LogP contribution in [0.1, 0.15) is 29.9 Å². The zero-order valence-corrected chi connectivity index (χ0v) is 15.7. The highest BCUT2D eigenvalue weighted by Crippen LogP contribution is 2.36. The largest absolute Gasteiger partial charge is 0.291 e. The summed E-state index contributed by atoms with van der Waals surface area (Å²) in [6, 6.07) is 14.5. The van der Waals surface area contributed by atoms with Gasteiger partial charge in [0.25, 0.3) is 0 Å². The van der Waals surface area contributed by atoms with Crippen molar-refractivity contribution in [3.05, 3.63) is 58.1 Å². The Morgan fingerprint density at radius 1 is 1.33 bits per heavy atom. The SMILES string of the molecule is CN(C(=O)CC1CCc2ccccc21)c1nc2cc(Br)ccc2s1. The number of halogens is 1. The molecule has 1 aliphatic rings. The van der Waals surface area contributed by atoms with Gasteiger partial charge in [-0.15, -0.1) is 0 Å². The molecule has 0 aliphatic heterocycles. The van der Waals surface area contributed by atoms with E-state index in [2.05, 4.69) is 45.2 Å². The lowest BCUT2D eigenvalue weighted by Gasteiger charge is -2.17. The first-order valence-corrected chi connectivity index (χ1v) is 9.63. The van der Waals surface area contributed by atoms with Crippen LogP contribution in [0.15, 0.2) is 46.9 Å². The molecule has 0 fully saturated rings. The molecule has 1 aliphatic carbocycles. The monoisotopic (exact) mass is 400 g/mol. The highest BCUT2D eigenvalue weighted by Gasteiger charge is 2.26. The molecule has 1 aromatic heterocycles. The number of benzene rings is 2. The second-order valence-corrected chi connectivity index (χ2v) is 8.12. The molecular weight excluding hydrogens is 384 g/mol. The standard InChI is InChI=1S/C19H17BrN2OS/c1-22(19-21-16-11-14(20)8-9-17(16)24-19)18(23)10-13-7-6-12-4-2-3-5-15(12)13/h2-5,8-9,11,13H,6-7,10H2,1H3. The molecule has 1 heterocycles. The average Bonchev–Trinajstić information content (AvgIpc) is 3.18. The van der Waals surface area contributed by atoms with Crippen molar-refractivity contribution < 1.29 is 4.79 Å². The minimum Gasteiger partial charge on any atom is -0.291 e. The molecule has 3 nitrogen and oxygen atoms in total. The Labute approximate surface area is 153 Å². The van der Waals surface area contributed by atoms with E-state index in [1.54, 1.807) is 16.2 Å². The Balaban J connectivity index is 1.53. The fraction of sp³-hybridized carbons (Fsp3) is 0.263. The van der Waals surface area contributed by atoms with Gasteiger partial charge in [-0.1, -0.05) is 51.5 Å². The van der Waals surface area contributed by atoms with Gasteiger partial charge in [0.05, 0.1) is 10.2 Å². The molecule has 24 heavy (non-hydrogen) atoms. The molecule has 0 spiro atoms. The highest BCUT2D eigenvalue weighted by atomic mass is 79.9. The van der Waals surface area contributed by atoms with Crippen molar-refractivity contribution in [2.45, 2.75) is 25.2 Å². The fourth-order valence-electron chi connectivity index (χ4n) is 3.34. The van der Waals surface area contributed by atoms with Crippen LogP contribution < -0.4 is 4.90 Å². The van der Waals surface area contributed by atoms with Crippen LogP contribution in [0, 0.1) is 0 Å². The van der Waals surface area contributed by atoms with Crippen LogP contribution in [-0.4, -0.2) is 17.9 Å². The molecule has 0 N–H and O–H groups in total. The van der Waals surface area contributed by atoms with Crippen molar-refractivity contribution in [2.24, 2.45) is 0 Å². The summed E-state index contributed by atoms with van der Waals surface area (Å²) in [7, 11) is 1.83. The summed E-state index contributed by atoms with van der Waals surface area (Å²) in [6.07, 6.45) is 2.69. The quantitative estimate of drug-likeness (QED) is 0.609. The number of hydrogen-bond donors (Lipinski definition) is 0. The van der Waals surface area contributed by atoms with Crippen LogP contribution in [0.2, 0.25) is 0 Å². The summed E-state index contributed by atoms with van der Waals surface area (Å²) in [5, 5.41) is 0.763. The highest BCUT2D eigenvalue weighted by molar-refractivity contribution is 9.10. The van der Waals surface area contributed by atoms with E-state index >= 15 is 0 Å². The summed E-state index contributed by atoms with van der Waals surface area (Å²) in [6.45, 7) is 0. The van der Waals surface area contributed by atoms with E-state index in [1.807, 2.05) is 25.2 Å². The van der Waals surface area contributed by atoms with Crippen LogP contribution in [0.25, 0.3) is 10.2 Å². The number of aryl methyl sites for hydroxylation is 1. The fourth-order valence-corrected chi connectivity index (χ4v) is 4.62. The van der Waals surface area contributed by atoms with Gasteiger partial charge in [-0.25, -0.2) is 4.98 Å². The number of carbonyl (C=O) groups excluding carboxylic acids is 1. The summed E-state index contributed by atoms with van der Waals surface area (Å²) in [5.41, 5.74) is 3.66.